The number of hydrogen-bond donors (Lipinski definition) is 1. The summed E-state index contributed by atoms with van der Waals surface area (Å²) in [7, 11) is 0. The average Bonchev–Trinajstić information content (AvgIpc) is 2.56. The Morgan fingerprint density at radius 2 is 2.17 bits per heavy atom. The minimum atomic E-state index is -0.457. The SMILES string of the molecule is Cc1cc(/C=C2\SC(=S)NC2=O)cc([N+](=O)[O-])c1. The fraction of sp³-hybridized carbons (Fsp3) is 0.0909. The number of thioether (sulfide) groups is 1. The summed E-state index contributed by atoms with van der Waals surface area (Å²) >= 11 is 6.02. The van der Waals surface area contributed by atoms with E-state index in [1.807, 2.05) is 0 Å². The Kier molecular flexibility index (Phi) is 3.44. The lowest BCUT2D eigenvalue weighted by Gasteiger charge is -1.99. The van der Waals surface area contributed by atoms with E-state index in [9.17, 15) is 14.9 Å². The minimum Gasteiger partial charge on any atom is -0.307 e. The van der Waals surface area contributed by atoms with Crippen LogP contribution in [0.25, 0.3) is 6.08 Å². The molecule has 1 N–H and O–H groups in total. The highest BCUT2D eigenvalue weighted by molar-refractivity contribution is 8.26. The lowest BCUT2D eigenvalue weighted by atomic mass is 10.1. The molecule has 0 saturated carbocycles. The fourth-order valence-electron chi connectivity index (χ4n) is 1.55. The first-order valence-corrected chi connectivity index (χ1v) is 6.19. The minimum absolute atomic E-state index is 0.00725. The van der Waals surface area contributed by atoms with E-state index >= 15 is 0 Å². The monoisotopic (exact) mass is 280 g/mol. The van der Waals surface area contributed by atoms with Gasteiger partial charge in [-0.3, -0.25) is 14.9 Å². The van der Waals surface area contributed by atoms with Crippen molar-refractivity contribution in [2.45, 2.75) is 6.92 Å². The Hall–Kier alpha value is -1.73. The van der Waals surface area contributed by atoms with Gasteiger partial charge in [0.05, 0.1) is 9.83 Å². The number of thiocarbonyl (C=S) groups is 1. The number of benzene rings is 1. The van der Waals surface area contributed by atoms with Crippen molar-refractivity contribution < 1.29 is 9.72 Å². The average molecular weight is 280 g/mol. The molecule has 18 heavy (non-hydrogen) atoms. The van der Waals surface area contributed by atoms with Gasteiger partial charge in [0.25, 0.3) is 11.6 Å². The van der Waals surface area contributed by atoms with Crippen LogP contribution in [0.5, 0.6) is 0 Å². The quantitative estimate of drug-likeness (QED) is 0.390. The zero-order chi connectivity index (χ0) is 13.3. The van der Waals surface area contributed by atoms with E-state index < -0.39 is 4.92 Å². The van der Waals surface area contributed by atoms with Crippen LogP contribution in [0, 0.1) is 17.0 Å². The largest absolute Gasteiger partial charge is 0.307 e. The van der Waals surface area contributed by atoms with Gasteiger partial charge in [-0.05, 0) is 24.1 Å². The number of nitrogens with one attached hydrogen (secondary N) is 1. The van der Waals surface area contributed by atoms with Crippen molar-refractivity contribution >= 4 is 46.0 Å². The van der Waals surface area contributed by atoms with E-state index in [1.54, 1.807) is 19.1 Å². The summed E-state index contributed by atoms with van der Waals surface area (Å²) in [5, 5.41) is 13.2. The molecule has 1 aliphatic rings. The summed E-state index contributed by atoms with van der Waals surface area (Å²) < 4.78 is 0.397. The molecule has 0 aliphatic carbocycles. The Labute approximate surface area is 112 Å². The van der Waals surface area contributed by atoms with Crippen molar-refractivity contribution in [1.82, 2.24) is 5.32 Å². The predicted octanol–water partition coefficient (Wildman–Crippen LogP) is 2.39. The molecule has 1 heterocycles. The number of carbonyl (C=O) groups is 1. The van der Waals surface area contributed by atoms with Gasteiger partial charge in [0.15, 0.2) is 0 Å². The third-order valence-corrected chi connectivity index (χ3v) is 3.40. The van der Waals surface area contributed by atoms with E-state index in [-0.39, 0.29) is 11.6 Å². The van der Waals surface area contributed by atoms with E-state index in [0.717, 1.165) is 17.3 Å². The van der Waals surface area contributed by atoms with Crippen molar-refractivity contribution in [3.63, 3.8) is 0 Å². The summed E-state index contributed by atoms with van der Waals surface area (Å²) in [5.74, 6) is -0.269. The number of nitrogens with zero attached hydrogens (tertiary/aromatic N) is 1. The number of amides is 1. The zero-order valence-electron chi connectivity index (χ0n) is 9.30. The van der Waals surface area contributed by atoms with Gasteiger partial charge in [-0.2, -0.15) is 0 Å². The first-order chi connectivity index (χ1) is 8.45. The van der Waals surface area contributed by atoms with Crippen LogP contribution in [-0.4, -0.2) is 15.2 Å². The molecular weight excluding hydrogens is 272 g/mol. The molecule has 92 valence electrons. The molecule has 0 bridgehead atoms. The number of nitro benzene ring substituents is 1. The van der Waals surface area contributed by atoms with Crippen LogP contribution in [0.15, 0.2) is 23.1 Å². The summed E-state index contributed by atoms with van der Waals surface area (Å²) in [6, 6.07) is 4.68. The lowest BCUT2D eigenvalue weighted by molar-refractivity contribution is -0.384. The number of rotatable bonds is 2. The van der Waals surface area contributed by atoms with Crippen molar-refractivity contribution in [2.75, 3.05) is 0 Å². The third-order valence-electron chi connectivity index (χ3n) is 2.24. The van der Waals surface area contributed by atoms with Gasteiger partial charge in [-0.1, -0.05) is 30.0 Å². The lowest BCUT2D eigenvalue weighted by Crippen LogP contribution is -2.17. The number of nitro groups is 1. The first-order valence-electron chi connectivity index (χ1n) is 4.96. The first kappa shape index (κ1) is 12.7. The van der Waals surface area contributed by atoms with Crippen molar-refractivity contribution in [3.8, 4) is 0 Å². The van der Waals surface area contributed by atoms with Crippen molar-refractivity contribution in [2.24, 2.45) is 0 Å². The number of carbonyl (C=O) groups excluding carboxylic acids is 1. The van der Waals surface area contributed by atoms with Crippen LogP contribution in [0.1, 0.15) is 11.1 Å². The predicted molar refractivity (Wildman–Crippen MR) is 74.1 cm³/mol. The molecule has 2 rings (SSSR count). The van der Waals surface area contributed by atoms with E-state index in [2.05, 4.69) is 5.32 Å². The highest BCUT2D eigenvalue weighted by Crippen LogP contribution is 2.27. The molecule has 7 heteroatoms. The van der Waals surface area contributed by atoms with Gasteiger partial charge < -0.3 is 5.32 Å². The molecule has 0 radical (unpaired) electrons. The van der Waals surface area contributed by atoms with Gasteiger partial charge in [0.1, 0.15) is 4.32 Å². The molecule has 1 saturated heterocycles. The molecule has 1 fully saturated rings. The molecule has 0 atom stereocenters. The highest BCUT2D eigenvalue weighted by atomic mass is 32.2. The Morgan fingerprint density at radius 1 is 1.44 bits per heavy atom. The maximum Gasteiger partial charge on any atom is 0.270 e. The maximum atomic E-state index is 11.5. The zero-order valence-corrected chi connectivity index (χ0v) is 10.9. The van der Waals surface area contributed by atoms with E-state index in [1.165, 1.54) is 12.1 Å². The smallest absolute Gasteiger partial charge is 0.270 e. The van der Waals surface area contributed by atoms with Gasteiger partial charge in [-0.15, -0.1) is 0 Å². The third kappa shape index (κ3) is 2.74. The second kappa shape index (κ2) is 4.87. The van der Waals surface area contributed by atoms with Gasteiger partial charge >= 0.3 is 0 Å². The van der Waals surface area contributed by atoms with E-state index in [4.69, 9.17) is 12.2 Å². The van der Waals surface area contributed by atoms with Gasteiger partial charge in [0, 0.05) is 12.1 Å². The molecule has 0 spiro atoms. The Balaban J connectivity index is 2.40. The van der Waals surface area contributed by atoms with Crippen molar-refractivity contribution in [3.05, 3.63) is 44.3 Å². The van der Waals surface area contributed by atoms with Crippen LogP contribution in [0.3, 0.4) is 0 Å². The van der Waals surface area contributed by atoms with Crippen LogP contribution in [-0.2, 0) is 4.79 Å². The molecule has 0 aromatic heterocycles. The number of aryl methyl sites for hydroxylation is 1. The molecule has 1 amide bonds. The number of non-ortho nitro benzene ring substituents is 1. The Bertz CT molecular complexity index is 596. The van der Waals surface area contributed by atoms with E-state index in [0.29, 0.717) is 14.8 Å². The molecular formula is C11H8N2O3S2. The van der Waals surface area contributed by atoms with Crippen molar-refractivity contribution in [1.29, 1.82) is 0 Å². The summed E-state index contributed by atoms with van der Waals surface area (Å²) in [6.45, 7) is 1.77. The molecule has 5 nitrogen and oxygen atoms in total. The summed E-state index contributed by atoms with van der Waals surface area (Å²) in [4.78, 5) is 22.2. The summed E-state index contributed by atoms with van der Waals surface area (Å²) in [6.07, 6.45) is 1.60. The highest BCUT2D eigenvalue weighted by Gasteiger charge is 2.22. The topological polar surface area (TPSA) is 72.2 Å². The van der Waals surface area contributed by atoms with Crippen LogP contribution < -0.4 is 5.32 Å². The Morgan fingerprint density at radius 3 is 2.72 bits per heavy atom. The molecule has 0 unspecified atom stereocenters. The van der Waals surface area contributed by atoms with Crippen LogP contribution >= 0.6 is 24.0 Å². The standard InChI is InChI=1S/C11H8N2O3S2/c1-6-2-7(4-8(3-6)13(15)16)5-9-10(14)12-11(17)18-9/h2-5H,1H3,(H,12,14,17)/b9-5-. The van der Waals surface area contributed by atoms with Crippen LogP contribution in [0.4, 0.5) is 5.69 Å². The van der Waals surface area contributed by atoms with Gasteiger partial charge in [0.2, 0.25) is 0 Å². The van der Waals surface area contributed by atoms with Crippen LogP contribution in [0.2, 0.25) is 0 Å². The second-order valence-corrected chi connectivity index (χ2v) is 5.43. The maximum absolute atomic E-state index is 11.5. The fourth-order valence-corrected chi connectivity index (χ4v) is 2.60. The normalized spacial score (nSPS) is 17.1. The molecule has 1 aromatic rings. The molecule has 1 aliphatic heterocycles. The summed E-state index contributed by atoms with van der Waals surface area (Å²) in [5.41, 5.74) is 1.39. The van der Waals surface area contributed by atoms with Gasteiger partial charge in [-0.25, -0.2) is 0 Å². The number of hydrogen-bond acceptors (Lipinski definition) is 5. The second-order valence-electron chi connectivity index (χ2n) is 3.71. The molecule has 1 aromatic carbocycles.